The van der Waals surface area contributed by atoms with E-state index in [2.05, 4.69) is 6.07 Å². The molecular weight excluding hydrogens is 232 g/mol. The van der Waals surface area contributed by atoms with Gasteiger partial charge in [-0.3, -0.25) is 4.79 Å². The Morgan fingerprint density at radius 1 is 1.18 bits per heavy atom. The molecule has 0 bridgehead atoms. The molecule has 17 heavy (non-hydrogen) atoms. The topological polar surface area (TPSA) is 26.3 Å². The number of Topliss-reactive ketones (excluding diaryl/α,β-unsaturated/α-hetero) is 1. The summed E-state index contributed by atoms with van der Waals surface area (Å²) in [5, 5.41) is 0. The predicted molar refractivity (Wildman–Crippen MR) is 70.7 cm³/mol. The number of methoxy groups -OCH3 is 1. The second kappa shape index (κ2) is 5.15. The van der Waals surface area contributed by atoms with Crippen LogP contribution in [0.1, 0.15) is 11.8 Å². The SMILES string of the molecule is COc1ccc(-c2ccc(CC(C)=O)s2)cc1. The lowest BCUT2D eigenvalue weighted by atomic mass is 10.2. The molecular formula is C14H14O2S. The van der Waals surface area contributed by atoms with Gasteiger partial charge < -0.3 is 4.74 Å². The number of carbonyl (C=O) groups excluding carboxylic acids is 1. The number of benzene rings is 1. The minimum atomic E-state index is 0.202. The number of ether oxygens (including phenoxy) is 1. The summed E-state index contributed by atoms with van der Waals surface area (Å²) < 4.78 is 5.12. The Hall–Kier alpha value is -1.61. The van der Waals surface area contributed by atoms with E-state index in [9.17, 15) is 4.79 Å². The fourth-order valence-corrected chi connectivity index (χ4v) is 2.71. The number of carbonyl (C=O) groups is 1. The molecule has 0 aliphatic carbocycles. The van der Waals surface area contributed by atoms with Gasteiger partial charge in [-0.15, -0.1) is 11.3 Å². The highest BCUT2D eigenvalue weighted by molar-refractivity contribution is 7.15. The molecule has 1 aromatic carbocycles. The lowest BCUT2D eigenvalue weighted by Crippen LogP contribution is -1.92. The summed E-state index contributed by atoms with van der Waals surface area (Å²) in [6.45, 7) is 1.62. The third kappa shape index (κ3) is 2.94. The monoisotopic (exact) mass is 246 g/mol. The average molecular weight is 246 g/mol. The van der Waals surface area contributed by atoms with Crippen molar-refractivity contribution in [3.63, 3.8) is 0 Å². The standard InChI is InChI=1S/C14H14O2S/c1-10(15)9-13-7-8-14(17-13)11-3-5-12(16-2)6-4-11/h3-8H,9H2,1-2H3. The first kappa shape index (κ1) is 11.9. The van der Waals surface area contributed by atoms with Crippen molar-refractivity contribution >= 4 is 17.1 Å². The molecule has 0 fully saturated rings. The van der Waals surface area contributed by atoms with E-state index in [4.69, 9.17) is 4.74 Å². The summed E-state index contributed by atoms with van der Waals surface area (Å²) in [5.41, 5.74) is 1.16. The summed E-state index contributed by atoms with van der Waals surface area (Å²) in [6.07, 6.45) is 0.529. The van der Waals surface area contributed by atoms with Crippen LogP contribution in [0.3, 0.4) is 0 Å². The summed E-state index contributed by atoms with van der Waals surface area (Å²) >= 11 is 1.67. The quantitative estimate of drug-likeness (QED) is 0.824. The Morgan fingerprint density at radius 3 is 2.47 bits per heavy atom. The summed E-state index contributed by atoms with van der Waals surface area (Å²) in [6, 6.07) is 12.0. The van der Waals surface area contributed by atoms with Gasteiger partial charge in [0.15, 0.2) is 0 Å². The number of hydrogen-bond acceptors (Lipinski definition) is 3. The molecule has 0 N–H and O–H groups in total. The van der Waals surface area contributed by atoms with E-state index >= 15 is 0 Å². The number of ketones is 1. The smallest absolute Gasteiger partial charge is 0.135 e. The van der Waals surface area contributed by atoms with Crippen LogP contribution >= 0.6 is 11.3 Å². The third-order valence-electron chi connectivity index (χ3n) is 2.46. The van der Waals surface area contributed by atoms with E-state index in [-0.39, 0.29) is 5.78 Å². The van der Waals surface area contributed by atoms with Crippen molar-refractivity contribution in [3.05, 3.63) is 41.3 Å². The fraction of sp³-hybridized carbons (Fsp3) is 0.214. The molecule has 0 aliphatic rings. The minimum Gasteiger partial charge on any atom is -0.497 e. The van der Waals surface area contributed by atoms with E-state index in [1.54, 1.807) is 25.4 Å². The van der Waals surface area contributed by atoms with Gasteiger partial charge in [0.05, 0.1) is 7.11 Å². The zero-order chi connectivity index (χ0) is 12.3. The van der Waals surface area contributed by atoms with Crippen LogP contribution in [0, 0.1) is 0 Å². The van der Waals surface area contributed by atoms with Crippen LogP contribution in [0.2, 0.25) is 0 Å². The van der Waals surface area contributed by atoms with E-state index in [0.29, 0.717) is 6.42 Å². The number of rotatable bonds is 4. The Kier molecular flexibility index (Phi) is 3.59. The minimum absolute atomic E-state index is 0.202. The molecule has 1 aromatic heterocycles. The first-order chi connectivity index (χ1) is 8.19. The molecule has 3 heteroatoms. The van der Waals surface area contributed by atoms with Gasteiger partial charge in [-0.05, 0) is 48.9 Å². The van der Waals surface area contributed by atoms with E-state index < -0.39 is 0 Å². The second-order valence-corrected chi connectivity index (χ2v) is 5.04. The molecule has 0 saturated carbocycles. The van der Waals surface area contributed by atoms with Gasteiger partial charge in [-0.2, -0.15) is 0 Å². The van der Waals surface area contributed by atoms with Crippen LogP contribution in [0.15, 0.2) is 36.4 Å². The van der Waals surface area contributed by atoms with Crippen molar-refractivity contribution in [2.75, 3.05) is 7.11 Å². The van der Waals surface area contributed by atoms with Crippen molar-refractivity contribution < 1.29 is 9.53 Å². The van der Waals surface area contributed by atoms with Crippen LogP contribution in [0.5, 0.6) is 5.75 Å². The van der Waals surface area contributed by atoms with Gasteiger partial charge in [0.1, 0.15) is 11.5 Å². The van der Waals surface area contributed by atoms with Crippen molar-refractivity contribution in [2.45, 2.75) is 13.3 Å². The van der Waals surface area contributed by atoms with E-state index in [0.717, 1.165) is 16.2 Å². The zero-order valence-corrected chi connectivity index (χ0v) is 10.7. The molecule has 0 atom stereocenters. The summed E-state index contributed by atoms with van der Waals surface area (Å²) in [5.74, 6) is 1.06. The molecule has 0 aliphatic heterocycles. The van der Waals surface area contributed by atoms with Gasteiger partial charge in [0.2, 0.25) is 0 Å². The van der Waals surface area contributed by atoms with Gasteiger partial charge in [0.25, 0.3) is 0 Å². The molecule has 1 heterocycles. The first-order valence-corrected chi connectivity index (χ1v) is 6.23. The average Bonchev–Trinajstić information content (AvgIpc) is 2.77. The summed E-state index contributed by atoms with van der Waals surface area (Å²) in [7, 11) is 1.66. The fourth-order valence-electron chi connectivity index (χ4n) is 1.63. The van der Waals surface area contributed by atoms with Gasteiger partial charge in [-0.1, -0.05) is 0 Å². The Morgan fingerprint density at radius 2 is 1.88 bits per heavy atom. The molecule has 2 nitrogen and oxygen atoms in total. The second-order valence-electron chi connectivity index (χ2n) is 3.87. The Bertz CT molecular complexity index is 511. The maximum absolute atomic E-state index is 11.0. The van der Waals surface area contributed by atoms with Crippen molar-refractivity contribution in [1.29, 1.82) is 0 Å². The molecule has 2 aromatic rings. The molecule has 0 unspecified atom stereocenters. The number of hydrogen-bond donors (Lipinski definition) is 0. The van der Waals surface area contributed by atoms with Crippen molar-refractivity contribution in [3.8, 4) is 16.2 Å². The van der Waals surface area contributed by atoms with Crippen LogP contribution in [-0.4, -0.2) is 12.9 Å². The molecule has 0 spiro atoms. The van der Waals surface area contributed by atoms with Crippen LogP contribution in [0.4, 0.5) is 0 Å². The zero-order valence-electron chi connectivity index (χ0n) is 9.90. The molecule has 0 radical (unpaired) electrons. The number of thiophene rings is 1. The Labute approximate surface area is 105 Å². The lowest BCUT2D eigenvalue weighted by Gasteiger charge is -2.00. The first-order valence-electron chi connectivity index (χ1n) is 5.41. The van der Waals surface area contributed by atoms with Gasteiger partial charge in [-0.25, -0.2) is 0 Å². The summed E-state index contributed by atoms with van der Waals surface area (Å²) in [4.78, 5) is 13.3. The third-order valence-corrected chi connectivity index (χ3v) is 3.59. The molecule has 0 amide bonds. The maximum Gasteiger partial charge on any atom is 0.135 e. The molecule has 88 valence electrons. The lowest BCUT2D eigenvalue weighted by molar-refractivity contribution is -0.116. The highest BCUT2D eigenvalue weighted by atomic mass is 32.1. The van der Waals surface area contributed by atoms with E-state index in [1.165, 1.54) is 4.88 Å². The normalized spacial score (nSPS) is 10.2. The van der Waals surface area contributed by atoms with Crippen LogP contribution in [0.25, 0.3) is 10.4 Å². The predicted octanol–water partition coefficient (Wildman–Crippen LogP) is 3.56. The Balaban J connectivity index is 2.21. The highest BCUT2D eigenvalue weighted by Gasteiger charge is 2.04. The molecule has 0 saturated heterocycles. The van der Waals surface area contributed by atoms with Crippen LogP contribution in [-0.2, 0) is 11.2 Å². The van der Waals surface area contributed by atoms with Crippen molar-refractivity contribution in [2.24, 2.45) is 0 Å². The van der Waals surface area contributed by atoms with Gasteiger partial charge in [0, 0.05) is 16.2 Å². The maximum atomic E-state index is 11.0. The van der Waals surface area contributed by atoms with Crippen molar-refractivity contribution in [1.82, 2.24) is 0 Å². The molecule has 2 rings (SSSR count). The largest absolute Gasteiger partial charge is 0.497 e. The van der Waals surface area contributed by atoms with Crippen LogP contribution < -0.4 is 4.74 Å². The highest BCUT2D eigenvalue weighted by Crippen LogP contribution is 2.29. The van der Waals surface area contributed by atoms with Gasteiger partial charge >= 0.3 is 0 Å². The van der Waals surface area contributed by atoms with E-state index in [1.807, 2.05) is 30.3 Å².